The minimum absolute atomic E-state index is 0.200. The van der Waals surface area contributed by atoms with Crippen LogP contribution in [0.1, 0.15) is 146 Å². The molecule has 0 aliphatic carbocycles. The molecular weight excluding hydrogens is 567 g/mol. The molecule has 0 fully saturated rings. The van der Waals surface area contributed by atoms with Crippen LogP contribution in [0.25, 0.3) is 0 Å². The molecule has 232 valence electrons. The maximum atomic E-state index is 13.8. The van der Waals surface area contributed by atoms with Crippen molar-refractivity contribution in [1.82, 2.24) is 0 Å². The first kappa shape index (κ1) is 36.4. The summed E-state index contributed by atoms with van der Waals surface area (Å²) in [4.78, 5) is 0. The van der Waals surface area contributed by atoms with Crippen LogP contribution in [0.5, 0.6) is 0 Å². The molecule has 7 heteroatoms. The second-order valence-electron chi connectivity index (χ2n) is 13.7. The van der Waals surface area contributed by atoms with Gasteiger partial charge >= 0.3 is 7.82 Å². The van der Waals surface area contributed by atoms with E-state index < -0.39 is 13.4 Å². The molecule has 0 bridgehead atoms. The van der Waals surface area contributed by atoms with Gasteiger partial charge in [-0.2, -0.15) is 0 Å². The van der Waals surface area contributed by atoms with Gasteiger partial charge in [0.2, 0.25) is 0 Å². The summed E-state index contributed by atoms with van der Waals surface area (Å²) in [6, 6.07) is 12.9. The van der Waals surface area contributed by atoms with Crippen molar-refractivity contribution in [2.45, 2.75) is 143 Å². The fraction of sp³-hybridized carbons (Fsp3) is 0.647. The van der Waals surface area contributed by atoms with E-state index >= 15 is 0 Å². The zero-order valence-corrected chi connectivity index (χ0v) is 29.7. The second kappa shape index (κ2) is 15.8. The van der Waals surface area contributed by atoms with Crippen LogP contribution in [0, 0.1) is 13.8 Å². The second-order valence-corrected chi connectivity index (χ2v) is 16.1. The summed E-state index contributed by atoms with van der Waals surface area (Å²) < 4.78 is 30.7. The van der Waals surface area contributed by atoms with Gasteiger partial charge in [0, 0.05) is 0 Å². The normalized spacial score (nSPS) is 13.1. The van der Waals surface area contributed by atoms with Gasteiger partial charge in [0.1, 0.15) is 5.60 Å². The number of benzene rings is 2. The Balaban J connectivity index is 2.75. The lowest BCUT2D eigenvalue weighted by atomic mass is 9.69. The molecule has 0 amide bonds. The third kappa shape index (κ3) is 10.2. The Morgan fingerprint density at radius 3 is 1.39 bits per heavy atom. The highest BCUT2D eigenvalue weighted by Crippen LogP contribution is 2.61. The first-order chi connectivity index (χ1) is 19.1. The molecule has 0 N–H and O–H groups in total. The van der Waals surface area contributed by atoms with Crippen molar-refractivity contribution in [3.05, 3.63) is 69.8 Å². The average Bonchev–Trinajstić information content (AvgIpc) is 2.90. The summed E-state index contributed by atoms with van der Waals surface area (Å²) in [5.74, 6) is 0. The van der Waals surface area contributed by atoms with Crippen LogP contribution >= 0.6 is 33.6 Å². The van der Waals surface area contributed by atoms with E-state index in [1.54, 1.807) is 0 Å². The van der Waals surface area contributed by atoms with Crippen LogP contribution in [-0.4, -0.2) is 0 Å². The van der Waals surface area contributed by atoms with Gasteiger partial charge < -0.3 is 0 Å². The Bertz CT molecular complexity index is 1080. The quantitative estimate of drug-likeness (QED) is 0.0846. The lowest BCUT2D eigenvalue weighted by Crippen LogP contribution is -2.36. The molecule has 0 saturated heterocycles. The number of aryl methyl sites for hydroxylation is 2. The fourth-order valence-electron chi connectivity index (χ4n) is 5.74. The zero-order chi connectivity index (χ0) is 30.9. The van der Waals surface area contributed by atoms with E-state index in [9.17, 15) is 4.57 Å². The Hall–Kier alpha value is -0.750. The van der Waals surface area contributed by atoms with Crippen LogP contribution < -0.4 is 0 Å². The standard InChI is InChI=1S/C34H55O4PS2/c1-10-11-12-13-14-15-16-17-18-23-34(36-39(35,37-40)38-41,28-21-19-26(2)24-30(28)32(4,5)6)29-22-20-27(3)25-31(29)33(7,8)9/h19-22,24-25,40-41H,10-18,23H2,1-9H3. The van der Waals surface area contributed by atoms with E-state index in [4.69, 9.17) is 12.5 Å². The number of thiol groups is 2. The number of hydrogen-bond acceptors (Lipinski definition) is 6. The third-order valence-corrected chi connectivity index (χ3v) is 10.1. The molecule has 0 radical (unpaired) electrons. The molecule has 2 aromatic carbocycles. The highest BCUT2D eigenvalue weighted by Gasteiger charge is 2.47. The van der Waals surface area contributed by atoms with E-state index in [0.29, 0.717) is 6.42 Å². The predicted molar refractivity (Wildman–Crippen MR) is 181 cm³/mol. The van der Waals surface area contributed by atoms with Crippen molar-refractivity contribution in [3.63, 3.8) is 0 Å². The van der Waals surface area contributed by atoms with Gasteiger partial charge in [-0.1, -0.05) is 147 Å². The van der Waals surface area contributed by atoms with Crippen LogP contribution in [0.2, 0.25) is 0 Å². The number of hydrogen-bond donors (Lipinski definition) is 2. The predicted octanol–water partition coefficient (Wildman–Crippen LogP) is 11.9. The molecule has 41 heavy (non-hydrogen) atoms. The van der Waals surface area contributed by atoms with E-state index in [1.807, 2.05) is 0 Å². The maximum Gasteiger partial charge on any atom is 0.497 e. The van der Waals surface area contributed by atoms with Crippen molar-refractivity contribution in [2.75, 3.05) is 0 Å². The van der Waals surface area contributed by atoms with Crippen molar-refractivity contribution in [1.29, 1.82) is 0 Å². The largest absolute Gasteiger partial charge is 0.497 e. The molecule has 0 saturated carbocycles. The molecule has 0 aromatic heterocycles. The molecule has 2 rings (SSSR count). The summed E-state index contributed by atoms with van der Waals surface area (Å²) >= 11 is 7.85. The van der Waals surface area contributed by atoms with Gasteiger partial charge in [0.05, 0.1) is 0 Å². The van der Waals surface area contributed by atoms with Gasteiger partial charge in [-0.05, 0) is 85.6 Å². The topological polar surface area (TPSA) is 44.8 Å². The molecule has 0 heterocycles. The number of phosphoric acid groups is 1. The van der Waals surface area contributed by atoms with Crippen molar-refractivity contribution in [2.24, 2.45) is 0 Å². The van der Waals surface area contributed by atoms with Crippen molar-refractivity contribution in [3.8, 4) is 0 Å². The summed E-state index contributed by atoms with van der Waals surface area (Å²) in [6.45, 7) is 19.7. The Morgan fingerprint density at radius 2 is 1.02 bits per heavy atom. The lowest BCUT2D eigenvalue weighted by Gasteiger charge is -2.42. The van der Waals surface area contributed by atoms with Gasteiger partial charge in [-0.25, -0.2) is 12.5 Å². The average molecular weight is 623 g/mol. The fourth-order valence-corrected chi connectivity index (χ4v) is 7.07. The van der Waals surface area contributed by atoms with Gasteiger partial charge in [0.15, 0.2) is 0 Å². The van der Waals surface area contributed by atoms with Gasteiger partial charge in [-0.15, -0.1) is 0 Å². The smallest absolute Gasteiger partial charge is 0.269 e. The van der Waals surface area contributed by atoms with E-state index in [1.165, 1.54) is 38.5 Å². The summed E-state index contributed by atoms with van der Waals surface area (Å²) in [5.41, 5.74) is 5.03. The van der Waals surface area contributed by atoms with Crippen LogP contribution in [0.3, 0.4) is 0 Å². The van der Waals surface area contributed by atoms with E-state index in [-0.39, 0.29) is 10.8 Å². The van der Waals surface area contributed by atoms with Crippen molar-refractivity contribution < 1.29 is 17.0 Å². The van der Waals surface area contributed by atoms with Gasteiger partial charge in [-0.3, -0.25) is 4.52 Å². The Kier molecular flexibility index (Phi) is 14.1. The molecule has 0 unspecified atom stereocenters. The zero-order valence-electron chi connectivity index (χ0n) is 27.0. The monoisotopic (exact) mass is 622 g/mol. The summed E-state index contributed by atoms with van der Waals surface area (Å²) in [5, 5.41) is 0. The Labute approximate surface area is 262 Å². The molecule has 0 spiro atoms. The minimum atomic E-state index is -4.15. The molecule has 2 aromatic rings. The lowest BCUT2D eigenvalue weighted by molar-refractivity contribution is 0.0640. The minimum Gasteiger partial charge on any atom is -0.269 e. The van der Waals surface area contributed by atoms with E-state index in [2.05, 4.69) is 125 Å². The highest BCUT2D eigenvalue weighted by molar-refractivity contribution is 7.85. The van der Waals surface area contributed by atoms with Crippen molar-refractivity contribution >= 4 is 33.6 Å². The summed E-state index contributed by atoms with van der Waals surface area (Å²) in [6.07, 6.45) is 11.4. The van der Waals surface area contributed by atoms with Gasteiger partial charge in [0.25, 0.3) is 0 Å². The highest BCUT2D eigenvalue weighted by atomic mass is 32.1. The molecule has 0 aliphatic rings. The molecule has 0 aliphatic heterocycles. The maximum absolute atomic E-state index is 13.8. The van der Waals surface area contributed by atoms with Crippen LogP contribution in [0.15, 0.2) is 36.4 Å². The molecular formula is C34H55O4PS2. The van der Waals surface area contributed by atoms with Crippen LogP contribution in [-0.2, 0) is 33.5 Å². The van der Waals surface area contributed by atoms with Crippen LogP contribution in [0.4, 0.5) is 0 Å². The Morgan fingerprint density at radius 1 is 0.634 bits per heavy atom. The first-order valence-electron chi connectivity index (χ1n) is 15.3. The summed E-state index contributed by atoms with van der Waals surface area (Å²) in [7, 11) is -4.15. The third-order valence-electron chi connectivity index (χ3n) is 7.94. The SMILES string of the molecule is CCCCCCCCCCCC(OP(=O)(OS)OS)(c1ccc(C)cc1C(C)(C)C)c1ccc(C)cc1C(C)(C)C. The molecule has 0 atom stereocenters. The number of unbranched alkanes of at least 4 members (excludes halogenated alkanes) is 8. The number of rotatable bonds is 16. The first-order valence-corrected chi connectivity index (χ1v) is 17.5. The van der Waals surface area contributed by atoms with E-state index in [0.717, 1.165) is 52.6 Å². The molecule has 4 nitrogen and oxygen atoms in total.